The number of hydrogen-bond donors (Lipinski definition) is 2. The first-order valence-electron chi connectivity index (χ1n) is 8.15. The van der Waals surface area contributed by atoms with E-state index in [4.69, 9.17) is 9.47 Å². The molecule has 2 heterocycles. The highest BCUT2D eigenvalue weighted by Crippen LogP contribution is 2.37. The molecule has 1 aromatic rings. The van der Waals surface area contributed by atoms with Gasteiger partial charge in [0.25, 0.3) is 5.56 Å². The largest absolute Gasteiger partial charge is 0.390 e. The monoisotopic (exact) mass is 353 g/mol. The Kier molecular flexibility index (Phi) is 4.83. The van der Waals surface area contributed by atoms with Crippen molar-refractivity contribution in [1.29, 1.82) is 0 Å². The highest BCUT2D eigenvalue weighted by atomic mass is 32.2. The van der Waals surface area contributed by atoms with Crippen LogP contribution in [0.3, 0.4) is 0 Å². The average Bonchev–Trinajstić information content (AvgIpc) is 2.97. The molecule has 2 aliphatic rings. The summed E-state index contributed by atoms with van der Waals surface area (Å²) in [5, 5.41) is 10.8. The van der Waals surface area contributed by atoms with Crippen LogP contribution >= 0.6 is 11.8 Å². The molecule has 0 bridgehead atoms. The Bertz CT molecular complexity index is 716. The first-order valence-corrected chi connectivity index (χ1v) is 9.14. The van der Waals surface area contributed by atoms with Gasteiger partial charge in [-0.1, -0.05) is 18.7 Å². The van der Waals surface area contributed by atoms with Gasteiger partial charge >= 0.3 is 0 Å². The lowest BCUT2D eigenvalue weighted by atomic mass is 10.2. The third-order valence-electron chi connectivity index (χ3n) is 4.05. The molecule has 2 fully saturated rings. The molecule has 0 unspecified atom stereocenters. The maximum absolute atomic E-state index is 12.1. The van der Waals surface area contributed by atoms with Gasteiger partial charge in [-0.15, -0.1) is 0 Å². The number of aliphatic imine (C=N–C) groups is 1. The molecule has 1 saturated carbocycles. The van der Waals surface area contributed by atoms with Crippen LogP contribution in [-0.2, 0) is 9.47 Å². The molecule has 132 valence electrons. The van der Waals surface area contributed by atoms with E-state index in [2.05, 4.69) is 21.9 Å². The summed E-state index contributed by atoms with van der Waals surface area (Å²) < 4.78 is 11.6. The topological polar surface area (TPSA) is 96.8 Å². The summed E-state index contributed by atoms with van der Waals surface area (Å²) in [5.74, 6) is 0.501. The fourth-order valence-electron chi connectivity index (χ4n) is 2.90. The summed E-state index contributed by atoms with van der Waals surface area (Å²) in [6, 6.07) is 0. The quantitative estimate of drug-likeness (QED) is 0.634. The van der Waals surface area contributed by atoms with Crippen molar-refractivity contribution < 1.29 is 14.6 Å². The van der Waals surface area contributed by atoms with E-state index in [0.717, 1.165) is 12.2 Å². The Balaban J connectivity index is 1.93. The van der Waals surface area contributed by atoms with Crippen molar-refractivity contribution in [3.05, 3.63) is 15.9 Å². The second-order valence-electron chi connectivity index (χ2n) is 6.56. The predicted molar refractivity (Wildman–Crippen MR) is 92.2 cm³/mol. The first kappa shape index (κ1) is 17.6. The van der Waals surface area contributed by atoms with E-state index < -0.39 is 24.1 Å². The van der Waals surface area contributed by atoms with Gasteiger partial charge in [0.05, 0.1) is 17.4 Å². The summed E-state index contributed by atoms with van der Waals surface area (Å²) in [6.07, 6.45) is -0.136. The van der Waals surface area contributed by atoms with Crippen LogP contribution in [0.25, 0.3) is 0 Å². The Morgan fingerprint density at radius 1 is 1.46 bits per heavy atom. The molecule has 1 aliphatic carbocycles. The number of thioether (sulfide) groups is 1. The molecule has 1 aromatic heterocycles. The Hall–Kier alpha value is -1.22. The number of aliphatic hydroxyl groups is 1. The van der Waals surface area contributed by atoms with Gasteiger partial charge in [0.2, 0.25) is 0 Å². The van der Waals surface area contributed by atoms with Crippen LogP contribution in [-0.4, -0.2) is 50.6 Å². The average molecular weight is 353 g/mol. The zero-order valence-corrected chi connectivity index (χ0v) is 15.1. The number of aromatic nitrogens is 2. The molecule has 8 heteroatoms. The number of H-pyrrole nitrogens is 1. The van der Waals surface area contributed by atoms with Crippen LogP contribution in [0, 0.1) is 6.92 Å². The molecule has 0 spiro atoms. The maximum Gasteiger partial charge on any atom is 0.256 e. The van der Waals surface area contributed by atoms with Crippen molar-refractivity contribution in [2.45, 2.75) is 69.8 Å². The molecular weight excluding hydrogens is 330 g/mol. The van der Waals surface area contributed by atoms with E-state index in [-0.39, 0.29) is 5.56 Å². The molecule has 7 nitrogen and oxygen atoms in total. The smallest absolute Gasteiger partial charge is 0.256 e. The molecule has 0 aromatic carbocycles. The van der Waals surface area contributed by atoms with Crippen LogP contribution in [0.1, 0.15) is 39.2 Å². The van der Waals surface area contributed by atoms with Crippen molar-refractivity contribution in [2.75, 3.05) is 5.75 Å². The highest BCUT2D eigenvalue weighted by molar-refractivity contribution is 7.99. The van der Waals surface area contributed by atoms with E-state index >= 15 is 0 Å². The number of rotatable bonds is 4. The standard InChI is InChI=1S/C16H23N3O4S/c1-5-6-24-15-18-13(8(2)14(21)19-15)17-9-7-10(20)12-11(9)22-16(3,4)23-12/h10-12,20H,5-7H2,1-4H3,(H,18,19,21)/t10-,11-,12+/m0/s1. The Labute approximate surface area is 144 Å². The molecular formula is C16H23N3O4S. The van der Waals surface area contributed by atoms with Crippen molar-refractivity contribution in [3.8, 4) is 0 Å². The predicted octanol–water partition coefficient (Wildman–Crippen LogP) is 1.94. The minimum absolute atomic E-state index is 0.193. The zero-order valence-electron chi connectivity index (χ0n) is 14.3. The summed E-state index contributed by atoms with van der Waals surface area (Å²) in [4.78, 5) is 23.9. The lowest BCUT2D eigenvalue weighted by Gasteiger charge is -2.19. The van der Waals surface area contributed by atoms with Crippen molar-refractivity contribution in [3.63, 3.8) is 0 Å². The molecule has 0 radical (unpaired) electrons. The van der Waals surface area contributed by atoms with Gasteiger partial charge in [-0.25, -0.2) is 9.98 Å². The molecule has 0 amide bonds. The SMILES string of the molecule is CCCSc1nc(N=C2C[C@H](O)[C@H]3OC(C)(C)O[C@@H]23)c(C)c(=O)[nH]1. The van der Waals surface area contributed by atoms with Gasteiger partial charge in [-0.2, -0.15) is 0 Å². The third kappa shape index (κ3) is 3.42. The number of ether oxygens (including phenoxy) is 2. The molecule has 1 aliphatic heterocycles. The van der Waals surface area contributed by atoms with E-state index in [9.17, 15) is 9.90 Å². The number of aliphatic hydroxyl groups excluding tert-OH is 1. The molecule has 3 atom stereocenters. The minimum atomic E-state index is -0.754. The molecule has 1 saturated heterocycles. The highest BCUT2D eigenvalue weighted by Gasteiger charge is 2.52. The van der Waals surface area contributed by atoms with Crippen LogP contribution in [0.2, 0.25) is 0 Å². The zero-order chi connectivity index (χ0) is 17.5. The van der Waals surface area contributed by atoms with Crippen molar-refractivity contribution >= 4 is 23.3 Å². The van der Waals surface area contributed by atoms with Gasteiger partial charge in [0.15, 0.2) is 16.8 Å². The summed E-state index contributed by atoms with van der Waals surface area (Å²) in [7, 11) is 0. The lowest BCUT2D eigenvalue weighted by Crippen LogP contribution is -2.28. The second kappa shape index (κ2) is 6.59. The molecule has 24 heavy (non-hydrogen) atoms. The van der Waals surface area contributed by atoms with Gasteiger partial charge in [0, 0.05) is 12.2 Å². The number of nitrogens with one attached hydrogen (secondary N) is 1. The molecule has 2 N–H and O–H groups in total. The Morgan fingerprint density at radius 2 is 2.21 bits per heavy atom. The Morgan fingerprint density at radius 3 is 2.92 bits per heavy atom. The maximum atomic E-state index is 12.1. The van der Waals surface area contributed by atoms with E-state index in [0.29, 0.717) is 28.7 Å². The van der Waals surface area contributed by atoms with Crippen molar-refractivity contribution in [2.24, 2.45) is 4.99 Å². The van der Waals surface area contributed by atoms with Crippen LogP contribution in [0.15, 0.2) is 14.9 Å². The summed E-state index contributed by atoms with van der Waals surface area (Å²) in [5.41, 5.74) is 0.937. The fourth-order valence-corrected chi connectivity index (χ4v) is 3.61. The lowest BCUT2D eigenvalue weighted by molar-refractivity contribution is -0.154. The van der Waals surface area contributed by atoms with Crippen LogP contribution in [0.4, 0.5) is 5.82 Å². The normalized spacial score (nSPS) is 30.0. The van der Waals surface area contributed by atoms with E-state index in [1.165, 1.54) is 11.8 Å². The molecule has 3 rings (SSSR count). The van der Waals surface area contributed by atoms with Gasteiger partial charge in [-0.05, 0) is 27.2 Å². The van der Waals surface area contributed by atoms with Crippen LogP contribution < -0.4 is 5.56 Å². The second-order valence-corrected chi connectivity index (χ2v) is 7.65. The van der Waals surface area contributed by atoms with Gasteiger partial charge in [0.1, 0.15) is 12.2 Å². The van der Waals surface area contributed by atoms with Gasteiger partial charge in [-0.3, -0.25) is 4.79 Å². The van der Waals surface area contributed by atoms with Crippen LogP contribution in [0.5, 0.6) is 0 Å². The number of nitrogens with zero attached hydrogens (tertiary/aromatic N) is 2. The first-order chi connectivity index (χ1) is 11.3. The van der Waals surface area contributed by atoms with Crippen molar-refractivity contribution in [1.82, 2.24) is 9.97 Å². The summed E-state index contributed by atoms with van der Waals surface area (Å²) >= 11 is 1.49. The summed E-state index contributed by atoms with van der Waals surface area (Å²) in [6.45, 7) is 7.38. The number of aromatic amines is 1. The van der Waals surface area contributed by atoms with Gasteiger partial charge < -0.3 is 19.6 Å². The fraction of sp³-hybridized carbons (Fsp3) is 0.688. The van der Waals surface area contributed by atoms with E-state index in [1.807, 2.05) is 13.8 Å². The van der Waals surface area contributed by atoms with E-state index in [1.54, 1.807) is 6.92 Å². The minimum Gasteiger partial charge on any atom is -0.390 e. The number of hydrogen-bond acceptors (Lipinski definition) is 7. The number of fused-ring (bicyclic) bond motifs is 1. The third-order valence-corrected chi connectivity index (χ3v) is 5.13.